The Morgan fingerprint density at radius 1 is 1.25 bits per heavy atom. The average molecular weight is 287 g/mol. The van der Waals surface area contributed by atoms with E-state index in [9.17, 15) is 0 Å². The number of hydrogen-bond donors (Lipinski definition) is 1. The van der Waals surface area contributed by atoms with Crippen LogP contribution in [0.1, 0.15) is 48.9 Å². The molecule has 0 spiro atoms. The van der Waals surface area contributed by atoms with Crippen molar-refractivity contribution < 1.29 is 0 Å². The summed E-state index contributed by atoms with van der Waals surface area (Å²) in [5.74, 6) is 3.00. The van der Waals surface area contributed by atoms with Crippen molar-refractivity contribution in [2.45, 2.75) is 51.9 Å². The molecular weight excluding hydrogens is 266 g/mol. The van der Waals surface area contributed by atoms with Crippen molar-refractivity contribution in [3.05, 3.63) is 16.3 Å². The minimum absolute atomic E-state index is 0.846. The maximum Gasteiger partial charge on any atom is 0.138 e. The topological polar surface area (TPSA) is 37.8 Å². The van der Waals surface area contributed by atoms with E-state index in [0.717, 1.165) is 36.9 Å². The van der Waals surface area contributed by atoms with Gasteiger partial charge in [0.25, 0.3) is 0 Å². The smallest absolute Gasteiger partial charge is 0.138 e. The van der Waals surface area contributed by atoms with Gasteiger partial charge in [0.2, 0.25) is 0 Å². The van der Waals surface area contributed by atoms with E-state index in [4.69, 9.17) is 9.97 Å². The third kappa shape index (κ3) is 2.20. The van der Waals surface area contributed by atoms with E-state index in [2.05, 4.69) is 12.2 Å². The van der Waals surface area contributed by atoms with Crippen LogP contribution in [0.15, 0.2) is 0 Å². The van der Waals surface area contributed by atoms with Crippen LogP contribution in [0.3, 0.4) is 0 Å². The van der Waals surface area contributed by atoms with Gasteiger partial charge in [0.1, 0.15) is 16.5 Å². The summed E-state index contributed by atoms with van der Waals surface area (Å²) in [4.78, 5) is 12.5. The van der Waals surface area contributed by atoms with Crippen molar-refractivity contribution in [3.63, 3.8) is 0 Å². The molecule has 2 heterocycles. The van der Waals surface area contributed by atoms with Gasteiger partial charge in [0.05, 0.1) is 5.39 Å². The Hall–Kier alpha value is -1.16. The number of fused-ring (bicyclic) bond motifs is 3. The van der Waals surface area contributed by atoms with Crippen LogP contribution in [0.4, 0.5) is 5.82 Å². The van der Waals surface area contributed by atoms with E-state index in [1.54, 1.807) is 4.88 Å². The number of thiophene rings is 1. The Morgan fingerprint density at radius 3 is 2.95 bits per heavy atom. The summed E-state index contributed by atoms with van der Waals surface area (Å²) in [6.07, 6.45) is 8.67. The average Bonchev–Trinajstić information content (AvgIpc) is 3.00. The van der Waals surface area contributed by atoms with Gasteiger partial charge in [-0.15, -0.1) is 11.3 Å². The van der Waals surface area contributed by atoms with Gasteiger partial charge >= 0.3 is 0 Å². The van der Waals surface area contributed by atoms with Gasteiger partial charge < -0.3 is 5.32 Å². The van der Waals surface area contributed by atoms with Gasteiger partial charge in [-0.1, -0.05) is 6.92 Å². The summed E-state index contributed by atoms with van der Waals surface area (Å²) in [5.41, 5.74) is 1.53. The highest BCUT2D eigenvalue weighted by atomic mass is 32.1. The summed E-state index contributed by atoms with van der Waals surface area (Å²) < 4.78 is 0. The molecule has 0 atom stereocenters. The number of hydrogen-bond acceptors (Lipinski definition) is 4. The second-order valence-electron chi connectivity index (χ2n) is 6.10. The molecule has 0 aliphatic heterocycles. The lowest BCUT2D eigenvalue weighted by atomic mass is 10.2. The van der Waals surface area contributed by atoms with Crippen LogP contribution >= 0.6 is 11.3 Å². The monoisotopic (exact) mass is 287 g/mol. The molecule has 0 radical (unpaired) electrons. The molecule has 0 unspecified atom stereocenters. The number of rotatable bonds is 5. The highest BCUT2D eigenvalue weighted by molar-refractivity contribution is 7.19. The standard InChI is InChI=1S/C16H21N3S/c1-2-8-17-15-14-11-4-3-5-12(11)20-16(14)19-13(18-15)9-10-6-7-10/h10H,2-9H2,1H3,(H,17,18,19). The fourth-order valence-corrected chi connectivity index (χ4v) is 4.36. The SMILES string of the molecule is CCCNc1nc(CC2CC2)nc2sc3c(c12)CCC3. The molecule has 0 bridgehead atoms. The maximum atomic E-state index is 4.85. The van der Waals surface area contributed by atoms with Crippen LogP contribution < -0.4 is 5.32 Å². The molecule has 0 saturated heterocycles. The van der Waals surface area contributed by atoms with E-state index >= 15 is 0 Å². The predicted molar refractivity (Wildman–Crippen MR) is 84.6 cm³/mol. The Balaban J connectivity index is 1.79. The van der Waals surface area contributed by atoms with E-state index in [1.165, 1.54) is 47.9 Å². The summed E-state index contributed by atoms with van der Waals surface area (Å²) in [5, 5.41) is 4.87. The summed E-state index contributed by atoms with van der Waals surface area (Å²) in [6, 6.07) is 0. The van der Waals surface area contributed by atoms with Crippen LogP contribution in [0.2, 0.25) is 0 Å². The number of aryl methyl sites for hydroxylation is 2. The number of anilines is 1. The minimum atomic E-state index is 0.846. The van der Waals surface area contributed by atoms with E-state index < -0.39 is 0 Å². The molecule has 0 amide bonds. The first kappa shape index (κ1) is 12.6. The maximum absolute atomic E-state index is 4.85. The molecular formula is C16H21N3S. The van der Waals surface area contributed by atoms with Crippen molar-refractivity contribution in [2.75, 3.05) is 11.9 Å². The second kappa shape index (κ2) is 4.99. The molecule has 3 nitrogen and oxygen atoms in total. The van der Waals surface area contributed by atoms with Crippen molar-refractivity contribution in [1.29, 1.82) is 0 Å². The molecule has 0 aromatic carbocycles. The normalized spacial score (nSPS) is 17.6. The van der Waals surface area contributed by atoms with Gasteiger partial charge in [-0.2, -0.15) is 0 Å². The van der Waals surface area contributed by atoms with Gasteiger partial charge in [-0.05, 0) is 50.0 Å². The zero-order chi connectivity index (χ0) is 13.5. The molecule has 2 aliphatic carbocycles. The van der Waals surface area contributed by atoms with Gasteiger partial charge in [0, 0.05) is 17.8 Å². The quantitative estimate of drug-likeness (QED) is 0.904. The van der Waals surface area contributed by atoms with Crippen molar-refractivity contribution in [1.82, 2.24) is 9.97 Å². The van der Waals surface area contributed by atoms with E-state index in [0.29, 0.717) is 0 Å². The molecule has 2 aliphatic rings. The molecule has 20 heavy (non-hydrogen) atoms. The van der Waals surface area contributed by atoms with Crippen molar-refractivity contribution in [3.8, 4) is 0 Å². The third-order valence-corrected chi connectivity index (χ3v) is 5.51. The molecule has 1 fully saturated rings. The highest BCUT2D eigenvalue weighted by Crippen LogP contribution is 2.40. The van der Waals surface area contributed by atoms with Gasteiger partial charge in [0.15, 0.2) is 0 Å². The molecule has 1 N–H and O–H groups in total. The first-order chi connectivity index (χ1) is 9.85. The largest absolute Gasteiger partial charge is 0.369 e. The summed E-state index contributed by atoms with van der Waals surface area (Å²) in [6.45, 7) is 3.20. The summed E-state index contributed by atoms with van der Waals surface area (Å²) in [7, 11) is 0. The van der Waals surface area contributed by atoms with Crippen LogP contribution in [-0.4, -0.2) is 16.5 Å². The Bertz CT molecular complexity index is 643. The lowest BCUT2D eigenvalue weighted by Crippen LogP contribution is -2.06. The predicted octanol–water partition coefficient (Wildman–Crippen LogP) is 3.95. The Labute approximate surface area is 123 Å². The van der Waals surface area contributed by atoms with Crippen LogP contribution in [0.5, 0.6) is 0 Å². The van der Waals surface area contributed by atoms with Crippen LogP contribution in [-0.2, 0) is 19.3 Å². The first-order valence-electron chi connectivity index (χ1n) is 7.90. The highest BCUT2D eigenvalue weighted by Gasteiger charge is 2.26. The first-order valence-corrected chi connectivity index (χ1v) is 8.72. The van der Waals surface area contributed by atoms with Crippen molar-refractivity contribution in [2.24, 2.45) is 5.92 Å². The van der Waals surface area contributed by atoms with Crippen molar-refractivity contribution >= 4 is 27.4 Å². The van der Waals surface area contributed by atoms with Gasteiger partial charge in [-0.3, -0.25) is 0 Å². The van der Waals surface area contributed by atoms with E-state index in [-0.39, 0.29) is 0 Å². The summed E-state index contributed by atoms with van der Waals surface area (Å²) >= 11 is 1.90. The zero-order valence-corrected chi connectivity index (χ0v) is 12.9. The number of nitrogens with one attached hydrogen (secondary N) is 1. The Morgan fingerprint density at radius 2 is 2.15 bits per heavy atom. The molecule has 1 saturated carbocycles. The fraction of sp³-hybridized carbons (Fsp3) is 0.625. The molecule has 106 valence electrons. The second-order valence-corrected chi connectivity index (χ2v) is 7.18. The minimum Gasteiger partial charge on any atom is -0.369 e. The fourth-order valence-electron chi connectivity index (χ4n) is 3.08. The Kier molecular flexibility index (Phi) is 3.14. The molecule has 2 aromatic heterocycles. The third-order valence-electron chi connectivity index (χ3n) is 4.32. The molecule has 4 rings (SSSR count). The zero-order valence-electron chi connectivity index (χ0n) is 12.0. The van der Waals surface area contributed by atoms with Gasteiger partial charge in [-0.25, -0.2) is 9.97 Å². The van der Waals surface area contributed by atoms with Crippen LogP contribution in [0, 0.1) is 5.92 Å². The molecule has 2 aromatic rings. The lowest BCUT2D eigenvalue weighted by Gasteiger charge is -2.09. The van der Waals surface area contributed by atoms with E-state index in [1.807, 2.05) is 11.3 Å². The lowest BCUT2D eigenvalue weighted by molar-refractivity contribution is 0.776. The van der Waals surface area contributed by atoms with Crippen LogP contribution in [0.25, 0.3) is 10.2 Å². The number of nitrogens with zero attached hydrogens (tertiary/aromatic N) is 2. The molecule has 4 heteroatoms. The number of aromatic nitrogens is 2.